The SMILES string of the molecule is CCCC(C)CCc1cc(OCC2CCC(C3CCC(CCC)CC3)CC2)c(I)c(I)c1C. The Morgan fingerprint density at radius 3 is 2.03 bits per heavy atom. The minimum absolute atomic E-state index is 0.750. The maximum Gasteiger partial charge on any atom is 0.133 e. The Balaban J connectivity index is 1.48. The van der Waals surface area contributed by atoms with Crippen molar-refractivity contribution in [3.63, 3.8) is 0 Å². The van der Waals surface area contributed by atoms with Gasteiger partial charge in [0, 0.05) is 3.57 Å². The fourth-order valence-corrected chi connectivity index (χ4v) is 7.87. The van der Waals surface area contributed by atoms with Crippen LogP contribution >= 0.6 is 45.2 Å². The second-order valence-corrected chi connectivity index (χ2v) is 13.5. The summed E-state index contributed by atoms with van der Waals surface area (Å²) in [5, 5.41) is 0. The lowest BCUT2D eigenvalue weighted by Gasteiger charge is -2.37. The van der Waals surface area contributed by atoms with Crippen LogP contribution in [0.15, 0.2) is 6.07 Å². The van der Waals surface area contributed by atoms with E-state index >= 15 is 0 Å². The molecule has 0 saturated heterocycles. The zero-order chi connectivity index (χ0) is 23.8. The van der Waals surface area contributed by atoms with Gasteiger partial charge in [-0.25, -0.2) is 0 Å². The quantitative estimate of drug-likeness (QED) is 0.212. The summed E-state index contributed by atoms with van der Waals surface area (Å²) in [4.78, 5) is 0. The van der Waals surface area contributed by atoms with E-state index in [-0.39, 0.29) is 0 Å². The molecule has 2 fully saturated rings. The van der Waals surface area contributed by atoms with Gasteiger partial charge in [0.05, 0.1) is 10.2 Å². The zero-order valence-electron chi connectivity index (χ0n) is 21.7. The molecule has 0 amide bonds. The molecule has 2 aliphatic carbocycles. The predicted molar refractivity (Wildman–Crippen MR) is 160 cm³/mol. The molecule has 188 valence electrons. The Morgan fingerprint density at radius 1 is 0.848 bits per heavy atom. The van der Waals surface area contributed by atoms with Gasteiger partial charge < -0.3 is 4.74 Å². The average molecular weight is 679 g/mol. The van der Waals surface area contributed by atoms with Crippen LogP contribution in [0.4, 0.5) is 0 Å². The van der Waals surface area contributed by atoms with Gasteiger partial charge in [-0.1, -0.05) is 59.3 Å². The minimum atomic E-state index is 0.750. The minimum Gasteiger partial charge on any atom is -0.492 e. The first kappa shape index (κ1) is 28.1. The van der Waals surface area contributed by atoms with Crippen LogP contribution < -0.4 is 4.74 Å². The van der Waals surface area contributed by atoms with Gasteiger partial charge in [-0.15, -0.1) is 0 Å². The molecule has 3 rings (SSSR count). The average Bonchev–Trinajstić information content (AvgIpc) is 2.83. The second kappa shape index (κ2) is 14.3. The molecular weight excluding hydrogens is 630 g/mol. The summed E-state index contributed by atoms with van der Waals surface area (Å²) >= 11 is 5.04. The zero-order valence-corrected chi connectivity index (χ0v) is 26.0. The summed E-state index contributed by atoms with van der Waals surface area (Å²) in [7, 11) is 0. The predicted octanol–water partition coefficient (Wildman–Crippen LogP) is 10.4. The van der Waals surface area contributed by atoms with Crippen molar-refractivity contribution in [1.29, 1.82) is 0 Å². The molecule has 0 bridgehead atoms. The Morgan fingerprint density at radius 2 is 1.45 bits per heavy atom. The van der Waals surface area contributed by atoms with E-state index in [9.17, 15) is 0 Å². The highest BCUT2D eigenvalue weighted by Gasteiger charge is 2.31. The van der Waals surface area contributed by atoms with Crippen LogP contribution in [0, 0.1) is 43.7 Å². The molecule has 1 atom stereocenters. The summed E-state index contributed by atoms with van der Waals surface area (Å²) in [5.74, 6) is 5.77. The highest BCUT2D eigenvalue weighted by Crippen LogP contribution is 2.42. The van der Waals surface area contributed by atoms with Gasteiger partial charge in [-0.05, 0) is 150 Å². The van der Waals surface area contributed by atoms with E-state index in [4.69, 9.17) is 4.74 Å². The van der Waals surface area contributed by atoms with Crippen LogP contribution in [-0.2, 0) is 6.42 Å². The molecule has 0 heterocycles. The van der Waals surface area contributed by atoms with Gasteiger partial charge >= 0.3 is 0 Å². The number of rotatable bonds is 11. The fraction of sp³-hybridized carbons (Fsp3) is 0.800. The third kappa shape index (κ3) is 8.25. The van der Waals surface area contributed by atoms with Gasteiger partial charge in [0.1, 0.15) is 5.75 Å². The molecule has 1 aromatic rings. The Bertz CT molecular complexity index is 714. The molecule has 0 aliphatic heterocycles. The molecule has 3 heteroatoms. The highest BCUT2D eigenvalue weighted by molar-refractivity contribution is 14.1. The lowest BCUT2D eigenvalue weighted by atomic mass is 9.69. The van der Waals surface area contributed by atoms with E-state index < -0.39 is 0 Å². The molecule has 1 unspecified atom stereocenters. The first-order valence-corrected chi connectivity index (χ1v) is 16.2. The lowest BCUT2D eigenvalue weighted by Crippen LogP contribution is -2.27. The van der Waals surface area contributed by atoms with Crippen molar-refractivity contribution >= 4 is 45.2 Å². The van der Waals surface area contributed by atoms with E-state index in [1.165, 1.54) is 108 Å². The van der Waals surface area contributed by atoms with E-state index in [0.29, 0.717) is 0 Å². The van der Waals surface area contributed by atoms with Crippen molar-refractivity contribution in [3.8, 4) is 5.75 Å². The standard InChI is InChI=1S/C30H48I2O/c1-5-7-21(3)9-14-27-19-28(30(32)29(31)22(27)4)33-20-24-12-17-26(18-13-24)25-15-10-23(8-6-2)11-16-25/h19,21,23-26H,5-18,20H2,1-4H3. The van der Waals surface area contributed by atoms with Crippen LogP contribution in [0.5, 0.6) is 5.75 Å². The largest absolute Gasteiger partial charge is 0.492 e. The maximum atomic E-state index is 6.52. The molecule has 0 spiro atoms. The van der Waals surface area contributed by atoms with E-state index in [2.05, 4.69) is 78.9 Å². The molecule has 2 aliphatic rings. The summed E-state index contributed by atoms with van der Waals surface area (Å²) < 4.78 is 9.22. The number of hydrogen-bond acceptors (Lipinski definition) is 1. The molecule has 33 heavy (non-hydrogen) atoms. The van der Waals surface area contributed by atoms with Gasteiger partial charge in [0.25, 0.3) is 0 Å². The van der Waals surface area contributed by atoms with Crippen LogP contribution in [0.25, 0.3) is 0 Å². The Kier molecular flexibility index (Phi) is 12.1. The van der Waals surface area contributed by atoms with Crippen LogP contribution in [0.2, 0.25) is 0 Å². The highest BCUT2D eigenvalue weighted by atomic mass is 127. The number of benzene rings is 1. The molecular formula is C30H48I2O. The van der Waals surface area contributed by atoms with Gasteiger partial charge in [0.2, 0.25) is 0 Å². The molecule has 2 saturated carbocycles. The summed E-state index contributed by atoms with van der Waals surface area (Å²) in [6.45, 7) is 10.3. The van der Waals surface area contributed by atoms with Gasteiger partial charge in [-0.3, -0.25) is 0 Å². The van der Waals surface area contributed by atoms with Gasteiger partial charge in [-0.2, -0.15) is 0 Å². The summed E-state index contributed by atoms with van der Waals surface area (Å²) in [6.07, 6.45) is 19.6. The molecule has 0 radical (unpaired) electrons. The first-order chi connectivity index (χ1) is 15.9. The Labute approximate surface area is 232 Å². The monoisotopic (exact) mass is 678 g/mol. The lowest BCUT2D eigenvalue weighted by molar-refractivity contribution is 0.121. The topological polar surface area (TPSA) is 9.23 Å². The van der Waals surface area contributed by atoms with E-state index in [0.717, 1.165) is 41.9 Å². The van der Waals surface area contributed by atoms with Crippen molar-refractivity contribution in [2.75, 3.05) is 6.61 Å². The normalized spacial score (nSPS) is 26.8. The third-order valence-corrected chi connectivity index (χ3v) is 12.3. The number of aryl methyl sites for hydroxylation is 1. The molecule has 0 aromatic heterocycles. The smallest absolute Gasteiger partial charge is 0.133 e. The van der Waals surface area contributed by atoms with Crippen molar-refractivity contribution in [1.82, 2.24) is 0 Å². The van der Waals surface area contributed by atoms with Crippen LogP contribution in [0.1, 0.15) is 115 Å². The van der Waals surface area contributed by atoms with Crippen molar-refractivity contribution in [3.05, 3.63) is 24.3 Å². The van der Waals surface area contributed by atoms with E-state index in [1.807, 2.05) is 0 Å². The van der Waals surface area contributed by atoms with Crippen molar-refractivity contribution < 1.29 is 4.74 Å². The number of ether oxygens (including phenoxy) is 1. The van der Waals surface area contributed by atoms with Crippen molar-refractivity contribution in [2.24, 2.45) is 29.6 Å². The third-order valence-electron chi connectivity index (χ3n) is 8.83. The number of hydrogen-bond donors (Lipinski definition) is 0. The summed E-state index contributed by atoms with van der Waals surface area (Å²) in [5.41, 5.74) is 2.96. The second-order valence-electron chi connectivity index (χ2n) is 11.4. The van der Waals surface area contributed by atoms with Crippen LogP contribution in [0.3, 0.4) is 0 Å². The fourth-order valence-electron chi connectivity index (χ4n) is 6.54. The van der Waals surface area contributed by atoms with E-state index in [1.54, 1.807) is 0 Å². The van der Waals surface area contributed by atoms with Gasteiger partial charge in [0.15, 0.2) is 0 Å². The molecule has 1 nitrogen and oxygen atoms in total. The maximum absolute atomic E-state index is 6.52. The molecule has 0 N–H and O–H groups in total. The van der Waals surface area contributed by atoms with Crippen LogP contribution in [-0.4, -0.2) is 6.61 Å². The number of halogens is 2. The summed E-state index contributed by atoms with van der Waals surface area (Å²) in [6, 6.07) is 2.37. The molecule has 1 aromatic carbocycles. The van der Waals surface area contributed by atoms with Crippen molar-refractivity contribution in [2.45, 2.75) is 118 Å². The first-order valence-electron chi connectivity index (χ1n) is 14.0. The Hall–Kier alpha value is 0.480.